The van der Waals surface area contributed by atoms with Crippen LogP contribution in [0.25, 0.3) is 0 Å². The summed E-state index contributed by atoms with van der Waals surface area (Å²) in [6.45, 7) is 4.03. The first-order valence-corrected chi connectivity index (χ1v) is 6.55. The second kappa shape index (κ2) is 5.83. The van der Waals surface area contributed by atoms with E-state index in [1.165, 1.54) is 6.20 Å². The number of amides is 1. The molecule has 1 amide bonds. The van der Waals surface area contributed by atoms with Crippen molar-refractivity contribution < 1.29 is 4.79 Å². The number of anilines is 1. The predicted molar refractivity (Wildman–Crippen MR) is 82.8 cm³/mol. The highest BCUT2D eigenvalue weighted by Gasteiger charge is 2.10. The van der Waals surface area contributed by atoms with Crippen molar-refractivity contribution in [1.29, 1.82) is 0 Å². The number of hydrogen-bond acceptors (Lipinski definition) is 3. The van der Waals surface area contributed by atoms with Crippen LogP contribution in [0.3, 0.4) is 0 Å². The molecule has 5 nitrogen and oxygen atoms in total. The van der Waals surface area contributed by atoms with E-state index >= 15 is 0 Å². The Morgan fingerprint density at radius 2 is 2.10 bits per heavy atom. The van der Waals surface area contributed by atoms with Crippen molar-refractivity contribution in [3.8, 4) is 0 Å². The van der Waals surface area contributed by atoms with Gasteiger partial charge in [-0.2, -0.15) is 5.10 Å². The van der Waals surface area contributed by atoms with Crippen LogP contribution in [-0.4, -0.2) is 20.8 Å². The molecule has 1 heterocycles. The van der Waals surface area contributed by atoms with Crippen LogP contribution in [0.2, 0.25) is 0 Å². The monoisotopic (exact) mass is 288 g/mol. The molecule has 0 aliphatic rings. The summed E-state index contributed by atoms with van der Waals surface area (Å²) in [5.74, 6) is -0.277. The second-order valence-corrected chi connectivity index (χ2v) is 4.97. The summed E-state index contributed by atoms with van der Waals surface area (Å²) < 4.78 is 1.57. The average Bonchev–Trinajstić information content (AvgIpc) is 2.82. The number of aryl methyl sites for hydroxylation is 2. The zero-order chi connectivity index (χ0) is 14.7. The van der Waals surface area contributed by atoms with Gasteiger partial charge in [0.1, 0.15) is 0 Å². The van der Waals surface area contributed by atoms with Crippen LogP contribution in [0.1, 0.15) is 21.5 Å². The molecule has 2 rings (SSSR count). The molecular weight excluding hydrogens is 272 g/mol. The van der Waals surface area contributed by atoms with Crippen molar-refractivity contribution in [2.45, 2.75) is 13.8 Å². The summed E-state index contributed by atoms with van der Waals surface area (Å²) in [4.78, 5) is 11.9. The van der Waals surface area contributed by atoms with Crippen LogP contribution in [0.15, 0.2) is 30.6 Å². The first-order chi connectivity index (χ1) is 9.47. The molecule has 0 aliphatic heterocycles. The van der Waals surface area contributed by atoms with Crippen molar-refractivity contribution >= 4 is 28.9 Å². The maximum absolute atomic E-state index is 11.9. The number of aromatic nitrogens is 2. The molecule has 1 aromatic carbocycles. The summed E-state index contributed by atoms with van der Waals surface area (Å²) >= 11 is 5.15. The highest BCUT2D eigenvalue weighted by molar-refractivity contribution is 7.80. The second-order valence-electron chi connectivity index (χ2n) is 4.56. The molecule has 0 saturated heterocycles. The molecular formula is C14H16N4OS. The Morgan fingerprint density at radius 3 is 2.75 bits per heavy atom. The Hall–Kier alpha value is -2.21. The van der Waals surface area contributed by atoms with E-state index in [9.17, 15) is 4.79 Å². The smallest absolute Gasteiger partial charge is 0.260 e. The highest BCUT2D eigenvalue weighted by atomic mass is 32.1. The van der Waals surface area contributed by atoms with Gasteiger partial charge in [0, 0.05) is 18.9 Å². The standard InChI is InChI=1S/C14H16N4OS/c1-9-5-4-6-12(10(9)2)16-14(20)17-13(19)11-7-15-18(3)8-11/h4-8H,1-3H3,(H2,16,17,19,20). The third-order valence-electron chi connectivity index (χ3n) is 3.05. The molecule has 0 saturated carbocycles. The van der Waals surface area contributed by atoms with Gasteiger partial charge in [-0.05, 0) is 43.3 Å². The Morgan fingerprint density at radius 1 is 1.35 bits per heavy atom. The van der Waals surface area contributed by atoms with E-state index < -0.39 is 0 Å². The van der Waals surface area contributed by atoms with Crippen LogP contribution in [0.4, 0.5) is 5.69 Å². The number of thiocarbonyl (C=S) groups is 1. The van der Waals surface area contributed by atoms with Gasteiger partial charge in [-0.25, -0.2) is 0 Å². The zero-order valence-electron chi connectivity index (χ0n) is 11.6. The van der Waals surface area contributed by atoms with Gasteiger partial charge in [-0.3, -0.25) is 14.8 Å². The SMILES string of the molecule is Cc1cccc(NC(=S)NC(=O)c2cnn(C)c2)c1C. The number of rotatable bonds is 2. The van der Waals surface area contributed by atoms with Gasteiger partial charge < -0.3 is 5.32 Å². The van der Waals surface area contributed by atoms with Gasteiger partial charge in [-0.15, -0.1) is 0 Å². The lowest BCUT2D eigenvalue weighted by Crippen LogP contribution is -2.34. The number of nitrogens with zero attached hydrogens (tertiary/aromatic N) is 2. The quantitative estimate of drug-likeness (QED) is 0.832. The molecule has 0 atom stereocenters. The van der Waals surface area contributed by atoms with E-state index in [0.29, 0.717) is 5.56 Å². The summed E-state index contributed by atoms with van der Waals surface area (Å²) in [5, 5.41) is 9.88. The van der Waals surface area contributed by atoms with E-state index in [2.05, 4.69) is 15.7 Å². The van der Waals surface area contributed by atoms with Gasteiger partial charge in [-0.1, -0.05) is 12.1 Å². The van der Waals surface area contributed by atoms with Gasteiger partial charge in [0.15, 0.2) is 5.11 Å². The molecule has 0 aliphatic carbocycles. The minimum Gasteiger partial charge on any atom is -0.332 e. The molecule has 0 bridgehead atoms. The number of hydrogen-bond donors (Lipinski definition) is 2. The lowest BCUT2D eigenvalue weighted by atomic mass is 10.1. The molecule has 0 radical (unpaired) electrons. The Kier molecular flexibility index (Phi) is 4.14. The lowest BCUT2D eigenvalue weighted by molar-refractivity contribution is 0.0977. The third-order valence-corrected chi connectivity index (χ3v) is 3.25. The molecule has 0 spiro atoms. The number of benzene rings is 1. The third kappa shape index (κ3) is 3.21. The first kappa shape index (κ1) is 14.2. The molecule has 2 N–H and O–H groups in total. The number of nitrogens with one attached hydrogen (secondary N) is 2. The maximum Gasteiger partial charge on any atom is 0.260 e. The fourth-order valence-electron chi connectivity index (χ4n) is 1.75. The van der Waals surface area contributed by atoms with Crippen molar-refractivity contribution in [3.05, 3.63) is 47.3 Å². The Bertz CT molecular complexity index is 663. The van der Waals surface area contributed by atoms with E-state index in [-0.39, 0.29) is 11.0 Å². The van der Waals surface area contributed by atoms with Crippen molar-refractivity contribution in [1.82, 2.24) is 15.1 Å². The average molecular weight is 288 g/mol. The van der Waals surface area contributed by atoms with E-state index in [1.807, 2.05) is 32.0 Å². The van der Waals surface area contributed by atoms with Crippen LogP contribution in [0, 0.1) is 13.8 Å². The van der Waals surface area contributed by atoms with Gasteiger partial charge >= 0.3 is 0 Å². The predicted octanol–water partition coefficient (Wildman–Crippen LogP) is 2.16. The van der Waals surface area contributed by atoms with E-state index in [4.69, 9.17) is 12.2 Å². The Labute approximate surface area is 123 Å². The van der Waals surface area contributed by atoms with E-state index in [0.717, 1.165) is 16.8 Å². The summed E-state index contributed by atoms with van der Waals surface area (Å²) in [7, 11) is 1.75. The molecule has 0 fully saturated rings. The van der Waals surface area contributed by atoms with Crippen LogP contribution in [-0.2, 0) is 7.05 Å². The minimum absolute atomic E-state index is 0.271. The van der Waals surface area contributed by atoms with Gasteiger partial charge in [0.25, 0.3) is 5.91 Å². The molecule has 2 aromatic rings. The molecule has 0 unspecified atom stereocenters. The van der Waals surface area contributed by atoms with Crippen molar-refractivity contribution in [2.75, 3.05) is 5.32 Å². The molecule has 6 heteroatoms. The summed E-state index contributed by atoms with van der Waals surface area (Å²) in [6, 6.07) is 5.89. The Balaban J connectivity index is 2.02. The lowest BCUT2D eigenvalue weighted by Gasteiger charge is -2.12. The number of carbonyl (C=O) groups is 1. The van der Waals surface area contributed by atoms with Crippen LogP contribution >= 0.6 is 12.2 Å². The largest absolute Gasteiger partial charge is 0.332 e. The summed E-state index contributed by atoms with van der Waals surface area (Å²) in [6.07, 6.45) is 3.13. The maximum atomic E-state index is 11.9. The molecule has 20 heavy (non-hydrogen) atoms. The first-order valence-electron chi connectivity index (χ1n) is 6.14. The van der Waals surface area contributed by atoms with Crippen molar-refractivity contribution in [3.63, 3.8) is 0 Å². The van der Waals surface area contributed by atoms with Crippen LogP contribution in [0.5, 0.6) is 0 Å². The van der Waals surface area contributed by atoms with Crippen LogP contribution < -0.4 is 10.6 Å². The summed E-state index contributed by atoms with van der Waals surface area (Å²) in [5.41, 5.74) is 3.63. The molecule has 1 aromatic heterocycles. The van der Waals surface area contributed by atoms with E-state index in [1.54, 1.807) is 17.9 Å². The van der Waals surface area contributed by atoms with Gasteiger partial charge in [0.05, 0.1) is 11.8 Å². The fraction of sp³-hybridized carbons (Fsp3) is 0.214. The van der Waals surface area contributed by atoms with Gasteiger partial charge in [0.2, 0.25) is 0 Å². The minimum atomic E-state index is -0.277. The number of carbonyl (C=O) groups excluding carboxylic acids is 1. The molecule has 104 valence electrons. The highest BCUT2D eigenvalue weighted by Crippen LogP contribution is 2.17. The fourth-order valence-corrected chi connectivity index (χ4v) is 1.96. The zero-order valence-corrected chi connectivity index (χ0v) is 12.4. The normalized spacial score (nSPS) is 10.2. The topological polar surface area (TPSA) is 58.9 Å². The van der Waals surface area contributed by atoms with Crippen molar-refractivity contribution in [2.24, 2.45) is 7.05 Å².